The molecule has 1 aliphatic heterocycles. The number of aliphatic hydroxyl groups excluding tert-OH is 1. The van der Waals surface area contributed by atoms with Gasteiger partial charge in [0.1, 0.15) is 5.82 Å². The highest BCUT2D eigenvalue weighted by molar-refractivity contribution is 7.83. The number of nitrogens with one attached hydrogen (secondary N) is 1. The van der Waals surface area contributed by atoms with E-state index in [4.69, 9.17) is 14.7 Å². The fraction of sp³-hybridized carbons (Fsp3) is 0.562. The number of pyridine rings is 3. The number of carbonyl (C=O) groups excluding carboxylic acids is 1. The van der Waals surface area contributed by atoms with Crippen LogP contribution < -0.4 is 10.2 Å². The van der Waals surface area contributed by atoms with Crippen LogP contribution in [0.5, 0.6) is 0 Å². The number of nitrogens with zero attached hydrogens (tertiary/aromatic N) is 5. The van der Waals surface area contributed by atoms with E-state index in [0.717, 1.165) is 53.3 Å². The molecule has 2 aliphatic rings. The maximum absolute atomic E-state index is 13.3. The maximum atomic E-state index is 13.3. The van der Waals surface area contributed by atoms with Gasteiger partial charge in [0, 0.05) is 37.1 Å². The van der Waals surface area contributed by atoms with Crippen LogP contribution in [0.25, 0.3) is 22.3 Å². The molecule has 0 bridgehead atoms. The highest BCUT2D eigenvalue weighted by atomic mass is 32.2. The summed E-state index contributed by atoms with van der Waals surface area (Å²) >= 11 is 0. The molecule has 6 unspecified atom stereocenters. The van der Waals surface area contributed by atoms with Gasteiger partial charge in [-0.25, -0.2) is 18.5 Å². The first-order chi connectivity index (χ1) is 20.6. The van der Waals surface area contributed by atoms with E-state index in [-0.39, 0.29) is 47.7 Å². The van der Waals surface area contributed by atoms with Gasteiger partial charge >= 0.3 is 0 Å². The van der Waals surface area contributed by atoms with Gasteiger partial charge in [-0.1, -0.05) is 19.9 Å². The second kappa shape index (κ2) is 13.8. The largest absolute Gasteiger partial charge is 0.395 e. The van der Waals surface area contributed by atoms with Crippen LogP contribution in [0.3, 0.4) is 0 Å². The number of rotatable bonds is 9. The standard InChI is InChI=1S/C32H44N6O4S/c1-20-13-25(14-30(23(20)4)43(41)37(5)11-12-39)32(40)34-17-26-15-29-24(16-33-26)9-10-28(35-29)27-7-6-8-31(36-27)38-18-21(2)42-22(3)19-38/h6-10,15-16,20-23,25,30,39H,11-14,17-19H2,1-5H3,(H,34,40)/t20?,21-,22?,23?,25?,30?,43?/m0/s1. The molecule has 5 rings (SSSR count). The molecule has 10 nitrogen and oxygen atoms in total. The van der Waals surface area contributed by atoms with Crippen molar-refractivity contribution in [2.75, 3.05) is 38.2 Å². The van der Waals surface area contributed by atoms with Gasteiger partial charge in [-0.3, -0.25) is 9.78 Å². The van der Waals surface area contributed by atoms with Gasteiger partial charge in [0.15, 0.2) is 0 Å². The van der Waals surface area contributed by atoms with Crippen LogP contribution >= 0.6 is 0 Å². The molecule has 1 saturated heterocycles. The van der Waals surface area contributed by atoms with Crippen LogP contribution in [0.1, 0.15) is 46.2 Å². The molecular formula is C32H44N6O4S. The summed E-state index contributed by atoms with van der Waals surface area (Å²) in [7, 11) is 0.500. The Labute approximate surface area is 256 Å². The number of morpholine rings is 1. The summed E-state index contributed by atoms with van der Waals surface area (Å²) in [6.07, 6.45) is 3.40. The predicted molar refractivity (Wildman–Crippen MR) is 170 cm³/mol. The lowest BCUT2D eigenvalue weighted by Crippen LogP contribution is -2.45. The highest BCUT2D eigenvalue weighted by Gasteiger charge is 2.40. The van der Waals surface area contributed by atoms with Crippen molar-refractivity contribution in [3.05, 3.63) is 48.3 Å². The van der Waals surface area contributed by atoms with E-state index in [1.165, 1.54) is 0 Å². The average Bonchev–Trinajstić information content (AvgIpc) is 3.00. The number of hydrogen-bond acceptors (Lipinski definition) is 8. The Kier molecular flexibility index (Phi) is 10.1. The van der Waals surface area contributed by atoms with E-state index in [1.54, 1.807) is 17.5 Å². The Hall–Kier alpha value is -2.99. The van der Waals surface area contributed by atoms with Crippen molar-refractivity contribution in [3.63, 3.8) is 0 Å². The van der Waals surface area contributed by atoms with E-state index in [2.05, 4.69) is 42.9 Å². The summed E-state index contributed by atoms with van der Waals surface area (Å²) in [6, 6.07) is 11.9. The van der Waals surface area contributed by atoms with Crippen molar-refractivity contribution in [2.45, 2.75) is 64.5 Å². The third kappa shape index (κ3) is 7.39. The number of amides is 1. The van der Waals surface area contributed by atoms with Crippen molar-refractivity contribution in [1.29, 1.82) is 0 Å². The molecule has 43 heavy (non-hydrogen) atoms. The normalized spacial score (nSPS) is 26.9. The van der Waals surface area contributed by atoms with E-state index in [1.807, 2.05) is 36.4 Å². The molecule has 1 saturated carbocycles. The Bertz CT molecular complexity index is 1450. The van der Waals surface area contributed by atoms with Crippen molar-refractivity contribution < 1.29 is 18.8 Å². The fourth-order valence-corrected chi connectivity index (χ4v) is 8.05. The predicted octanol–water partition coefficient (Wildman–Crippen LogP) is 3.56. The number of ether oxygens (including phenoxy) is 1. The summed E-state index contributed by atoms with van der Waals surface area (Å²) in [6.45, 7) is 10.6. The second-order valence-corrected chi connectivity index (χ2v) is 14.0. The summed E-state index contributed by atoms with van der Waals surface area (Å²) < 4.78 is 20.7. The summed E-state index contributed by atoms with van der Waals surface area (Å²) in [4.78, 5) is 29.9. The summed E-state index contributed by atoms with van der Waals surface area (Å²) in [5.41, 5.74) is 3.10. The zero-order chi connectivity index (χ0) is 30.7. The Morgan fingerprint density at radius 3 is 2.58 bits per heavy atom. The van der Waals surface area contributed by atoms with Gasteiger partial charge in [0.05, 0.1) is 64.2 Å². The fourth-order valence-electron chi connectivity index (χ4n) is 6.29. The molecule has 11 heteroatoms. The second-order valence-electron chi connectivity index (χ2n) is 12.2. The molecule has 1 aliphatic carbocycles. The first-order valence-electron chi connectivity index (χ1n) is 15.3. The molecule has 2 N–H and O–H groups in total. The van der Waals surface area contributed by atoms with Gasteiger partial charge in [-0.2, -0.15) is 0 Å². The van der Waals surface area contributed by atoms with Gasteiger partial charge in [-0.15, -0.1) is 0 Å². The topological polar surface area (TPSA) is 121 Å². The zero-order valence-corrected chi connectivity index (χ0v) is 26.6. The Morgan fingerprint density at radius 2 is 1.84 bits per heavy atom. The first kappa shape index (κ1) is 31.4. The molecule has 0 spiro atoms. The molecule has 3 aromatic rings. The van der Waals surface area contributed by atoms with Crippen molar-refractivity contribution in [2.24, 2.45) is 17.8 Å². The molecule has 4 heterocycles. The van der Waals surface area contributed by atoms with Gasteiger partial charge in [0.25, 0.3) is 0 Å². The first-order valence-corrected chi connectivity index (χ1v) is 16.4. The van der Waals surface area contributed by atoms with Crippen molar-refractivity contribution in [3.8, 4) is 11.4 Å². The number of aliphatic hydroxyl groups is 1. The number of aromatic nitrogens is 3. The smallest absolute Gasteiger partial charge is 0.223 e. The molecule has 1 amide bonds. The van der Waals surface area contributed by atoms with Crippen molar-refractivity contribution >= 4 is 33.6 Å². The molecule has 0 aromatic carbocycles. The van der Waals surface area contributed by atoms with Crippen LogP contribution in [0.4, 0.5) is 5.82 Å². The van der Waals surface area contributed by atoms with Crippen molar-refractivity contribution in [1.82, 2.24) is 24.6 Å². The van der Waals surface area contributed by atoms with Crippen LogP contribution in [0.15, 0.2) is 42.6 Å². The lowest BCUT2D eigenvalue weighted by molar-refractivity contribution is -0.126. The summed E-state index contributed by atoms with van der Waals surface area (Å²) in [5.74, 6) is 1.15. The van der Waals surface area contributed by atoms with E-state index in [0.29, 0.717) is 19.5 Å². The lowest BCUT2D eigenvalue weighted by atomic mass is 9.75. The van der Waals surface area contributed by atoms with Crippen LogP contribution in [0.2, 0.25) is 0 Å². The zero-order valence-electron chi connectivity index (χ0n) is 25.8. The molecule has 232 valence electrons. The SMILES string of the molecule is CC1CN(c2cccc(-c3ccc4cnc(CNC(=O)C5CC(C)C(C)C(S(=O)N(C)CCO)C5)cc4n3)n2)C[C@H](C)O1. The number of fused-ring (bicyclic) bond motifs is 1. The van der Waals surface area contributed by atoms with Crippen LogP contribution in [0, 0.1) is 17.8 Å². The van der Waals surface area contributed by atoms with Crippen LogP contribution in [-0.2, 0) is 27.1 Å². The average molecular weight is 609 g/mol. The summed E-state index contributed by atoms with van der Waals surface area (Å²) in [5, 5.41) is 13.1. The minimum absolute atomic E-state index is 0.0399. The maximum Gasteiger partial charge on any atom is 0.223 e. The quantitative estimate of drug-likeness (QED) is 0.379. The van der Waals surface area contributed by atoms with Gasteiger partial charge < -0.3 is 20.1 Å². The number of anilines is 1. The number of hydrogen-bond donors (Lipinski definition) is 2. The number of carbonyl (C=O) groups is 1. The Morgan fingerprint density at radius 1 is 1.09 bits per heavy atom. The molecular weight excluding hydrogens is 564 g/mol. The third-order valence-electron chi connectivity index (χ3n) is 8.82. The lowest BCUT2D eigenvalue weighted by Gasteiger charge is -2.39. The van der Waals surface area contributed by atoms with Gasteiger partial charge in [-0.05, 0) is 75.9 Å². The molecule has 2 fully saturated rings. The van der Waals surface area contributed by atoms with E-state index < -0.39 is 11.0 Å². The molecule has 3 aromatic heterocycles. The monoisotopic (exact) mass is 608 g/mol. The van der Waals surface area contributed by atoms with Crippen LogP contribution in [-0.4, -0.2) is 85.2 Å². The molecule has 7 atom stereocenters. The minimum Gasteiger partial charge on any atom is -0.395 e. The Balaban J connectivity index is 1.27. The number of likely N-dealkylation sites (N-methyl/N-ethyl adjacent to an activating group) is 1. The van der Waals surface area contributed by atoms with E-state index in [9.17, 15) is 14.1 Å². The molecule has 0 radical (unpaired) electrons. The minimum atomic E-state index is -1.26. The van der Waals surface area contributed by atoms with E-state index >= 15 is 0 Å². The third-order valence-corrected chi connectivity index (χ3v) is 10.8. The highest BCUT2D eigenvalue weighted by Crippen LogP contribution is 2.37. The van der Waals surface area contributed by atoms with Gasteiger partial charge in [0.2, 0.25) is 5.91 Å².